The van der Waals surface area contributed by atoms with E-state index in [0.717, 1.165) is 10.3 Å². The number of rotatable bonds is 6. The lowest BCUT2D eigenvalue weighted by molar-refractivity contribution is 0.0917. The largest absolute Gasteiger partial charge is 0.493 e. The highest BCUT2D eigenvalue weighted by molar-refractivity contribution is 7.10. The van der Waals surface area contributed by atoms with Crippen molar-refractivity contribution in [2.24, 2.45) is 0 Å². The standard InChI is InChI=1S/C17H17NO4S/c1-21-13-5-2-4-11-10-14(22-16(11)13)17(20)18-8-7-12(19)15-6-3-9-23-15/h2-6,9-10,12,19H,7-8H2,1H3,(H,18,20)/t12-/m0/s1. The maximum atomic E-state index is 12.2. The maximum Gasteiger partial charge on any atom is 0.287 e. The van der Waals surface area contributed by atoms with Gasteiger partial charge >= 0.3 is 0 Å². The van der Waals surface area contributed by atoms with Gasteiger partial charge in [-0.25, -0.2) is 0 Å². The molecule has 23 heavy (non-hydrogen) atoms. The second-order valence-electron chi connectivity index (χ2n) is 5.07. The molecule has 1 atom stereocenters. The SMILES string of the molecule is COc1cccc2cc(C(=O)NCC[C@H](O)c3cccs3)oc12. The Bertz CT molecular complexity index is 794. The number of amides is 1. The van der Waals surface area contributed by atoms with Crippen LogP contribution in [0.1, 0.15) is 28.0 Å². The summed E-state index contributed by atoms with van der Waals surface area (Å²) in [6.45, 7) is 0.367. The van der Waals surface area contributed by atoms with E-state index in [2.05, 4.69) is 5.32 Å². The number of carbonyl (C=O) groups is 1. The van der Waals surface area contributed by atoms with E-state index < -0.39 is 6.10 Å². The summed E-state index contributed by atoms with van der Waals surface area (Å²) in [6.07, 6.45) is -0.110. The van der Waals surface area contributed by atoms with Gasteiger partial charge < -0.3 is 19.6 Å². The van der Waals surface area contributed by atoms with Crippen molar-refractivity contribution in [1.82, 2.24) is 5.32 Å². The molecule has 6 heteroatoms. The van der Waals surface area contributed by atoms with Gasteiger partial charge in [0.05, 0.1) is 13.2 Å². The van der Waals surface area contributed by atoms with Crippen LogP contribution in [0, 0.1) is 0 Å². The van der Waals surface area contributed by atoms with E-state index in [1.54, 1.807) is 19.2 Å². The zero-order chi connectivity index (χ0) is 16.2. The molecule has 0 aliphatic rings. The Hall–Kier alpha value is -2.31. The number of ether oxygens (including phenoxy) is 1. The van der Waals surface area contributed by atoms with E-state index >= 15 is 0 Å². The van der Waals surface area contributed by atoms with E-state index in [1.165, 1.54) is 11.3 Å². The molecule has 5 nitrogen and oxygen atoms in total. The molecule has 2 heterocycles. The van der Waals surface area contributed by atoms with Crippen molar-refractivity contribution < 1.29 is 19.1 Å². The van der Waals surface area contributed by atoms with Gasteiger partial charge in [0.1, 0.15) is 0 Å². The second kappa shape index (κ2) is 6.85. The van der Waals surface area contributed by atoms with Crippen LogP contribution in [0.2, 0.25) is 0 Å². The van der Waals surface area contributed by atoms with Crippen LogP contribution in [0.15, 0.2) is 46.2 Å². The monoisotopic (exact) mass is 331 g/mol. The first-order chi connectivity index (χ1) is 11.2. The van der Waals surface area contributed by atoms with Crippen molar-refractivity contribution >= 4 is 28.2 Å². The molecule has 120 valence electrons. The molecule has 0 saturated carbocycles. The molecular formula is C17H17NO4S. The lowest BCUT2D eigenvalue weighted by Gasteiger charge is -2.08. The molecule has 0 spiro atoms. The van der Waals surface area contributed by atoms with Crippen LogP contribution in [-0.4, -0.2) is 24.7 Å². The third-order valence-corrected chi connectivity index (χ3v) is 4.50. The van der Waals surface area contributed by atoms with Crippen molar-refractivity contribution in [3.8, 4) is 5.75 Å². The van der Waals surface area contributed by atoms with Crippen LogP contribution in [0.25, 0.3) is 11.0 Å². The fourth-order valence-corrected chi connectivity index (χ4v) is 3.09. The highest BCUT2D eigenvalue weighted by Crippen LogP contribution is 2.28. The number of benzene rings is 1. The van der Waals surface area contributed by atoms with Gasteiger partial charge in [-0.3, -0.25) is 4.79 Å². The Morgan fingerprint density at radius 1 is 1.39 bits per heavy atom. The summed E-state index contributed by atoms with van der Waals surface area (Å²) in [7, 11) is 1.56. The Balaban J connectivity index is 1.62. The molecule has 0 bridgehead atoms. The van der Waals surface area contributed by atoms with Gasteiger partial charge in [-0.1, -0.05) is 18.2 Å². The van der Waals surface area contributed by atoms with Crippen molar-refractivity contribution in [2.45, 2.75) is 12.5 Å². The summed E-state index contributed by atoms with van der Waals surface area (Å²) in [5.41, 5.74) is 0.554. The highest BCUT2D eigenvalue weighted by Gasteiger charge is 2.15. The number of fused-ring (bicyclic) bond motifs is 1. The summed E-state index contributed by atoms with van der Waals surface area (Å²) in [6, 6.07) is 10.9. The molecule has 3 aromatic rings. The third kappa shape index (κ3) is 3.38. The average molecular weight is 331 g/mol. The first-order valence-electron chi connectivity index (χ1n) is 7.25. The zero-order valence-corrected chi connectivity index (χ0v) is 13.4. The molecule has 1 aromatic carbocycles. The van der Waals surface area contributed by atoms with E-state index in [1.807, 2.05) is 29.6 Å². The van der Waals surface area contributed by atoms with Crippen molar-refractivity contribution in [2.75, 3.05) is 13.7 Å². The Morgan fingerprint density at radius 2 is 2.26 bits per heavy atom. The summed E-state index contributed by atoms with van der Waals surface area (Å²) in [5.74, 6) is 0.520. The van der Waals surface area contributed by atoms with Gasteiger partial charge in [-0.2, -0.15) is 0 Å². The molecule has 0 unspecified atom stereocenters. The van der Waals surface area contributed by atoms with Crippen LogP contribution in [0.5, 0.6) is 5.75 Å². The Labute approximate surface area is 137 Å². The van der Waals surface area contributed by atoms with Crippen LogP contribution >= 0.6 is 11.3 Å². The number of aliphatic hydroxyl groups excluding tert-OH is 1. The topological polar surface area (TPSA) is 71.7 Å². The number of hydrogen-bond donors (Lipinski definition) is 2. The smallest absolute Gasteiger partial charge is 0.287 e. The maximum absolute atomic E-state index is 12.2. The molecule has 0 radical (unpaired) electrons. The van der Waals surface area contributed by atoms with Gasteiger partial charge in [-0.05, 0) is 30.0 Å². The van der Waals surface area contributed by atoms with Gasteiger partial charge in [0, 0.05) is 16.8 Å². The lowest BCUT2D eigenvalue weighted by atomic mass is 10.2. The minimum absolute atomic E-state index is 0.232. The van der Waals surface area contributed by atoms with Gasteiger partial charge in [0.2, 0.25) is 0 Å². The number of hydrogen-bond acceptors (Lipinski definition) is 5. The molecule has 1 amide bonds. The number of methoxy groups -OCH3 is 1. The third-order valence-electron chi connectivity index (χ3n) is 3.53. The summed E-state index contributed by atoms with van der Waals surface area (Å²) in [4.78, 5) is 13.1. The lowest BCUT2D eigenvalue weighted by Crippen LogP contribution is -2.25. The van der Waals surface area contributed by atoms with Crippen molar-refractivity contribution in [3.63, 3.8) is 0 Å². The van der Waals surface area contributed by atoms with E-state index in [0.29, 0.717) is 24.3 Å². The number of aliphatic hydroxyl groups is 1. The quantitative estimate of drug-likeness (QED) is 0.726. The second-order valence-corrected chi connectivity index (χ2v) is 6.04. The molecule has 0 fully saturated rings. The summed E-state index contributed by atoms with van der Waals surface area (Å²) in [5, 5.41) is 15.5. The predicted molar refractivity (Wildman–Crippen MR) is 89.0 cm³/mol. The predicted octanol–water partition coefficient (Wildman–Crippen LogP) is 3.36. The van der Waals surface area contributed by atoms with Gasteiger partial charge in [-0.15, -0.1) is 11.3 Å². The van der Waals surface area contributed by atoms with Gasteiger partial charge in [0.25, 0.3) is 5.91 Å². The van der Waals surface area contributed by atoms with E-state index in [-0.39, 0.29) is 11.7 Å². The Kier molecular flexibility index (Phi) is 4.64. The minimum Gasteiger partial charge on any atom is -0.493 e. The first kappa shape index (κ1) is 15.6. The number of carbonyl (C=O) groups excluding carboxylic acids is 1. The van der Waals surface area contributed by atoms with Crippen LogP contribution in [0.3, 0.4) is 0 Å². The van der Waals surface area contributed by atoms with Crippen LogP contribution in [-0.2, 0) is 0 Å². The molecular weight excluding hydrogens is 314 g/mol. The van der Waals surface area contributed by atoms with E-state index in [9.17, 15) is 9.90 Å². The van der Waals surface area contributed by atoms with Crippen molar-refractivity contribution in [1.29, 1.82) is 0 Å². The van der Waals surface area contributed by atoms with Crippen molar-refractivity contribution in [3.05, 3.63) is 52.4 Å². The zero-order valence-electron chi connectivity index (χ0n) is 12.6. The van der Waals surface area contributed by atoms with Crippen LogP contribution in [0.4, 0.5) is 0 Å². The summed E-state index contributed by atoms with van der Waals surface area (Å²) < 4.78 is 10.8. The average Bonchev–Trinajstić information content (AvgIpc) is 3.23. The normalized spacial score (nSPS) is 12.3. The molecule has 2 aromatic heterocycles. The fourth-order valence-electron chi connectivity index (χ4n) is 2.34. The minimum atomic E-state index is -0.564. The highest BCUT2D eigenvalue weighted by atomic mass is 32.1. The van der Waals surface area contributed by atoms with Gasteiger partial charge in [0.15, 0.2) is 17.1 Å². The molecule has 3 rings (SSSR count). The summed E-state index contributed by atoms with van der Waals surface area (Å²) >= 11 is 1.50. The number of para-hydroxylation sites is 1. The molecule has 0 saturated heterocycles. The van der Waals surface area contributed by atoms with Crippen LogP contribution < -0.4 is 10.1 Å². The molecule has 0 aliphatic heterocycles. The molecule has 2 N–H and O–H groups in total. The number of thiophene rings is 1. The Morgan fingerprint density at radius 3 is 3.00 bits per heavy atom. The molecule has 0 aliphatic carbocycles. The number of nitrogens with one attached hydrogen (secondary N) is 1. The van der Waals surface area contributed by atoms with E-state index in [4.69, 9.17) is 9.15 Å². The fraction of sp³-hybridized carbons (Fsp3) is 0.235. The number of furan rings is 1. The first-order valence-corrected chi connectivity index (χ1v) is 8.13.